The first kappa shape index (κ1) is 22.8. The number of halogens is 1. The number of para-hydroxylation sites is 1. The van der Waals surface area contributed by atoms with E-state index in [4.69, 9.17) is 9.47 Å². The van der Waals surface area contributed by atoms with Crippen LogP contribution in [0.4, 0.5) is 20.6 Å². The Labute approximate surface area is 196 Å². The number of methoxy groups -OCH3 is 2. The van der Waals surface area contributed by atoms with Crippen LogP contribution in [0.15, 0.2) is 71.7 Å². The minimum absolute atomic E-state index is 0.227. The van der Waals surface area contributed by atoms with Crippen LogP contribution in [0.2, 0.25) is 0 Å². The second-order valence-electron chi connectivity index (χ2n) is 7.44. The van der Waals surface area contributed by atoms with Gasteiger partial charge in [-0.05, 0) is 30.3 Å². The van der Waals surface area contributed by atoms with Crippen molar-refractivity contribution >= 4 is 29.0 Å². The van der Waals surface area contributed by atoms with Crippen molar-refractivity contribution in [1.82, 2.24) is 5.32 Å². The molecule has 9 heteroatoms. The average Bonchev–Trinajstić information content (AvgIpc) is 2.95. The molecule has 34 heavy (non-hydrogen) atoms. The van der Waals surface area contributed by atoms with E-state index in [-0.39, 0.29) is 11.3 Å². The molecule has 174 valence electrons. The van der Waals surface area contributed by atoms with E-state index >= 15 is 0 Å². The van der Waals surface area contributed by atoms with Crippen LogP contribution in [0.5, 0.6) is 11.5 Å². The van der Waals surface area contributed by atoms with Gasteiger partial charge in [-0.1, -0.05) is 30.3 Å². The fraction of sp³-hybridized carbons (Fsp3) is 0.160. The highest BCUT2D eigenvalue weighted by atomic mass is 19.1. The van der Waals surface area contributed by atoms with Crippen LogP contribution in [-0.4, -0.2) is 45.1 Å². The molecule has 8 nitrogen and oxygen atoms in total. The van der Waals surface area contributed by atoms with Gasteiger partial charge >= 0.3 is 6.03 Å². The zero-order chi connectivity index (χ0) is 24.2. The number of nitrogens with zero attached hydrogens (tertiary/aromatic N) is 2. The SMILES string of the molecule is COc1ccc(NC(=O)NC2N=C(c3ccccc3F)c3ccccc3N(C)C2=O)cc1OC. The number of hydrogen-bond acceptors (Lipinski definition) is 5. The second-order valence-corrected chi connectivity index (χ2v) is 7.44. The van der Waals surface area contributed by atoms with Crippen molar-refractivity contribution in [1.29, 1.82) is 0 Å². The van der Waals surface area contributed by atoms with Gasteiger partial charge in [-0.25, -0.2) is 14.2 Å². The van der Waals surface area contributed by atoms with Gasteiger partial charge in [0.2, 0.25) is 6.17 Å². The number of urea groups is 1. The third-order valence-electron chi connectivity index (χ3n) is 5.38. The van der Waals surface area contributed by atoms with Crippen molar-refractivity contribution in [3.8, 4) is 11.5 Å². The lowest BCUT2D eigenvalue weighted by Crippen LogP contribution is -2.47. The van der Waals surface area contributed by atoms with Gasteiger partial charge in [0.25, 0.3) is 5.91 Å². The lowest BCUT2D eigenvalue weighted by Gasteiger charge is -2.21. The highest BCUT2D eigenvalue weighted by Gasteiger charge is 2.31. The number of anilines is 2. The first-order valence-electron chi connectivity index (χ1n) is 10.4. The molecule has 3 aromatic carbocycles. The minimum Gasteiger partial charge on any atom is -0.493 e. The highest BCUT2D eigenvalue weighted by Crippen LogP contribution is 2.30. The number of amides is 3. The predicted octanol–water partition coefficient (Wildman–Crippen LogP) is 3.80. The van der Waals surface area contributed by atoms with Crippen molar-refractivity contribution in [2.24, 2.45) is 4.99 Å². The molecule has 0 aliphatic carbocycles. The largest absolute Gasteiger partial charge is 0.493 e. The van der Waals surface area contributed by atoms with Gasteiger partial charge in [0.05, 0.1) is 25.6 Å². The van der Waals surface area contributed by atoms with E-state index in [2.05, 4.69) is 15.6 Å². The third kappa shape index (κ3) is 4.40. The van der Waals surface area contributed by atoms with Gasteiger partial charge in [0.1, 0.15) is 5.82 Å². The summed E-state index contributed by atoms with van der Waals surface area (Å²) in [6.45, 7) is 0. The molecule has 0 radical (unpaired) electrons. The van der Waals surface area contributed by atoms with E-state index in [1.807, 2.05) is 0 Å². The molecule has 4 rings (SSSR count). The summed E-state index contributed by atoms with van der Waals surface area (Å²) in [6, 6.07) is 17.4. The number of ether oxygens (including phenoxy) is 2. The smallest absolute Gasteiger partial charge is 0.321 e. The van der Waals surface area contributed by atoms with E-state index < -0.39 is 23.9 Å². The highest BCUT2D eigenvalue weighted by molar-refractivity contribution is 6.20. The van der Waals surface area contributed by atoms with E-state index in [1.54, 1.807) is 67.7 Å². The summed E-state index contributed by atoms with van der Waals surface area (Å²) in [4.78, 5) is 31.8. The molecule has 0 saturated heterocycles. The van der Waals surface area contributed by atoms with Crippen molar-refractivity contribution in [2.45, 2.75) is 6.17 Å². The Morgan fingerprint density at radius 1 is 0.971 bits per heavy atom. The van der Waals surface area contributed by atoms with Crippen LogP contribution in [0.1, 0.15) is 11.1 Å². The molecule has 0 saturated carbocycles. The number of benzodiazepines with no additional fused rings is 1. The van der Waals surface area contributed by atoms with E-state index in [0.29, 0.717) is 28.4 Å². The molecule has 0 spiro atoms. The molecule has 1 aliphatic heterocycles. The van der Waals surface area contributed by atoms with Crippen LogP contribution < -0.4 is 25.0 Å². The molecule has 1 unspecified atom stereocenters. The average molecular weight is 462 g/mol. The Kier molecular flexibility index (Phi) is 6.44. The van der Waals surface area contributed by atoms with Gasteiger partial charge in [-0.3, -0.25) is 4.79 Å². The number of likely N-dealkylation sites (N-methyl/N-ethyl adjacent to an activating group) is 1. The molecule has 3 amide bonds. The molecule has 0 aromatic heterocycles. The number of nitrogens with one attached hydrogen (secondary N) is 2. The van der Waals surface area contributed by atoms with Crippen LogP contribution in [-0.2, 0) is 4.79 Å². The maximum Gasteiger partial charge on any atom is 0.321 e. The summed E-state index contributed by atoms with van der Waals surface area (Å²) in [5.41, 5.74) is 2.05. The summed E-state index contributed by atoms with van der Waals surface area (Å²) in [5.74, 6) is -0.0188. The standard InChI is InChI=1S/C25H23FN4O4/c1-30-19-11-7-5-9-17(19)22(16-8-4-6-10-18(16)26)28-23(24(30)31)29-25(32)27-15-12-13-20(33-2)21(14-15)34-3/h4-14,23H,1-3H3,(H2,27,29,32). The Morgan fingerprint density at radius 3 is 2.35 bits per heavy atom. The van der Waals surface area contributed by atoms with Gasteiger partial charge in [-0.2, -0.15) is 0 Å². The van der Waals surface area contributed by atoms with Crippen LogP contribution >= 0.6 is 0 Å². The Morgan fingerprint density at radius 2 is 1.65 bits per heavy atom. The van der Waals surface area contributed by atoms with Crippen molar-refractivity contribution in [3.63, 3.8) is 0 Å². The maximum absolute atomic E-state index is 14.7. The molecule has 1 heterocycles. The van der Waals surface area contributed by atoms with Crippen LogP contribution in [0, 0.1) is 5.82 Å². The molecule has 0 fully saturated rings. The number of benzene rings is 3. The molecule has 1 aliphatic rings. The quantitative estimate of drug-likeness (QED) is 0.603. The topological polar surface area (TPSA) is 92.3 Å². The van der Waals surface area contributed by atoms with Gasteiger partial charge < -0.3 is 25.0 Å². The van der Waals surface area contributed by atoms with Crippen LogP contribution in [0.3, 0.4) is 0 Å². The number of aliphatic imine (C=N–C) groups is 1. The summed E-state index contributed by atoms with van der Waals surface area (Å²) in [7, 11) is 4.58. The molecular formula is C25H23FN4O4. The van der Waals surface area contributed by atoms with E-state index in [0.717, 1.165) is 0 Å². The zero-order valence-corrected chi connectivity index (χ0v) is 18.8. The van der Waals surface area contributed by atoms with Crippen molar-refractivity contribution in [2.75, 3.05) is 31.5 Å². The molecular weight excluding hydrogens is 439 g/mol. The van der Waals surface area contributed by atoms with E-state index in [1.165, 1.54) is 25.2 Å². The fourth-order valence-corrected chi connectivity index (χ4v) is 3.69. The summed E-state index contributed by atoms with van der Waals surface area (Å²) < 4.78 is 25.2. The van der Waals surface area contributed by atoms with Crippen molar-refractivity contribution < 1.29 is 23.5 Å². The van der Waals surface area contributed by atoms with Crippen LogP contribution in [0.25, 0.3) is 0 Å². The first-order valence-corrected chi connectivity index (χ1v) is 10.4. The predicted molar refractivity (Wildman–Crippen MR) is 127 cm³/mol. The van der Waals surface area contributed by atoms with Gasteiger partial charge in [0, 0.05) is 29.9 Å². The Hall–Kier alpha value is -4.40. The van der Waals surface area contributed by atoms with Crippen molar-refractivity contribution in [3.05, 3.63) is 83.7 Å². The molecule has 0 bridgehead atoms. The Bertz CT molecular complexity index is 1280. The number of carbonyl (C=O) groups excluding carboxylic acids is 2. The van der Waals surface area contributed by atoms with Gasteiger partial charge in [0.15, 0.2) is 11.5 Å². The molecule has 1 atom stereocenters. The normalized spacial score (nSPS) is 15.1. The first-order chi connectivity index (χ1) is 16.4. The lowest BCUT2D eigenvalue weighted by atomic mass is 10.00. The third-order valence-corrected chi connectivity index (χ3v) is 5.38. The zero-order valence-electron chi connectivity index (χ0n) is 18.8. The fourth-order valence-electron chi connectivity index (χ4n) is 3.69. The van der Waals surface area contributed by atoms with Gasteiger partial charge in [-0.15, -0.1) is 0 Å². The number of rotatable bonds is 5. The summed E-state index contributed by atoms with van der Waals surface area (Å²) in [6.07, 6.45) is -1.29. The van der Waals surface area contributed by atoms with E-state index in [9.17, 15) is 14.0 Å². The molecule has 2 N–H and O–H groups in total. The summed E-state index contributed by atoms with van der Waals surface area (Å²) in [5, 5.41) is 5.24. The number of carbonyl (C=O) groups is 2. The lowest BCUT2D eigenvalue weighted by molar-refractivity contribution is -0.119. The number of hydrogen-bond donors (Lipinski definition) is 2. The number of fused-ring (bicyclic) bond motifs is 1. The second kappa shape index (κ2) is 9.62. The maximum atomic E-state index is 14.7. The Balaban J connectivity index is 1.67. The molecule has 3 aromatic rings. The minimum atomic E-state index is -1.29. The monoisotopic (exact) mass is 462 g/mol. The summed E-state index contributed by atoms with van der Waals surface area (Å²) >= 11 is 0.